The first-order valence-electron chi connectivity index (χ1n) is 9.67. The lowest BCUT2D eigenvalue weighted by Crippen LogP contribution is -2.27. The Morgan fingerprint density at radius 3 is 2.35 bits per heavy atom. The molecule has 0 unspecified atom stereocenters. The molecular weight excluding hydrogens is 522 g/mol. The fraction of sp³-hybridized carbons (Fsp3) is 0.409. The fourth-order valence-electron chi connectivity index (χ4n) is 3.18. The quantitative estimate of drug-likeness (QED) is 0.456. The Balaban J connectivity index is 2.49. The van der Waals surface area contributed by atoms with E-state index in [0.29, 0.717) is 18.5 Å². The molecule has 0 heterocycles. The van der Waals surface area contributed by atoms with Crippen LogP contribution in [0.5, 0.6) is 5.75 Å². The summed E-state index contributed by atoms with van der Waals surface area (Å²) in [6.07, 6.45) is -4.00. The van der Waals surface area contributed by atoms with Crippen molar-refractivity contribution >= 4 is 39.9 Å². The zero-order valence-corrected chi connectivity index (χ0v) is 20.4. The average molecular weight is 549 g/mol. The summed E-state index contributed by atoms with van der Waals surface area (Å²) in [4.78, 5) is 16.3. The third-order valence-electron chi connectivity index (χ3n) is 4.81. The van der Waals surface area contributed by atoms with Crippen LogP contribution < -0.4 is 15.0 Å². The molecule has 31 heavy (non-hydrogen) atoms. The Hall–Kier alpha value is -2.01. The molecule has 170 valence electrons. The van der Waals surface area contributed by atoms with Crippen molar-refractivity contribution in [3.63, 3.8) is 0 Å². The lowest BCUT2D eigenvalue weighted by Gasteiger charge is -2.28. The Labute approximate surface area is 194 Å². The van der Waals surface area contributed by atoms with Crippen LogP contribution in [0.3, 0.4) is 0 Å². The van der Waals surface area contributed by atoms with E-state index in [2.05, 4.69) is 27.9 Å². The van der Waals surface area contributed by atoms with E-state index in [1.165, 1.54) is 24.1 Å². The van der Waals surface area contributed by atoms with Crippen LogP contribution in [0.15, 0.2) is 30.3 Å². The summed E-state index contributed by atoms with van der Waals surface area (Å²) in [5.74, 6) is -0.760. The van der Waals surface area contributed by atoms with E-state index in [1.807, 2.05) is 25.9 Å². The van der Waals surface area contributed by atoms with Gasteiger partial charge in [0.25, 0.3) is 5.91 Å². The number of aryl methyl sites for hydroxylation is 1. The number of rotatable bonds is 8. The number of halogens is 4. The number of anilines is 2. The van der Waals surface area contributed by atoms with Gasteiger partial charge in [-0.05, 0) is 86.4 Å². The maximum atomic E-state index is 14.0. The Morgan fingerprint density at radius 1 is 1.13 bits per heavy atom. The second kappa shape index (κ2) is 10.5. The zero-order valence-electron chi connectivity index (χ0n) is 18.2. The van der Waals surface area contributed by atoms with Gasteiger partial charge in [0.2, 0.25) is 0 Å². The number of methoxy groups -OCH3 is 1. The number of nitrogens with zero attached hydrogens (tertiary/aromatic N) is 2. The summed E-state index contributed by atoms with van der Waals surface area (Å²) >= 11 is 2.12. The minimum Gasteiger partial charge on any atom is -0.496 e. The summed E-state index contributed by atoms with van der Waals surface area (Å²) in [6.45, 7) is 3.02. The van der Waals surface area contributed by atoms with Gasteiger partial charge in [-0.1, -0.05) is 6.07 Å². The van der Waals surface area contributed by atoms with Crippen molar-refractivity contribution < 1.29 is 22.7 Å². The highest BCUT2D eigenvalue weighted by atomic mass is 127. The Kier molecular flexibility index (Phi) is 8.58. The van der Waals surface area contributed by atoms with Crippen molar-refractivity contribution in [3.05, 3.63) is 50.6 Å². The first-order valence-corrected chi connectivity index (χ1v) is 10.7. The number of ether oxygens (including phenoxy) is 1. The molecule has 2 aromatic rings. The highest BCUT2D eigenvalue weighted by Crippen LogP contribution is 2.46. The standard InChI is InChI=1S/C22H27F3IN3O2/c1-14-7-8-15(13-16(14)26)21(30)27-17-9-10-18(31-5)19(22(23,24)25)20(17)29(4)12-6-11-28(2)3/h7-10,13H,6,11-12H2,1-5H3,(H,27,30). The highest BCUT2D eigenvalue weighted by molar-refractivity contribution is 14.1. The molecule has 2 aromatic carbocycles. The largest absolute Gasteiger partial charge is 0.496 e. The van der Waals surface area contributed by atoms with Crippen LogP contribution in [0.2, 0.25) is 0 Å². The van der Waals surface area contributed by atoms with Gasteiger partial charge in [0, 0.05) is 22.7 Å². The molecule has 0 aliphatic carbocycles. The van der Waals surface area contributed by atoms with Gasteiger partial charge in [-0.25, -0.2) is 0 Å². The number of amides is 1. The molecule has 9 heteroatoms. The molecule has 0 atom stereocenters. The average Bonchev–Trinajstić information content (AvgIpc) is 2.68. The lowest BCUT2D eigenvalue weighted by atomic mass is 10.1. The summed E-state index contributed by atoms with van der Waals surface area (Å²) < 4.78 is 48.0. The van der Waals surface area contributed by atoms with E-state index in [4.69, 9.17) is 4.74 Å². The third kappa shape index (κ3) is 6.49. The predicted octanol–water partition coefficient (Wildman–Crippen LogP) is 5.27. The predicted molar refractivity (Wildman–Crippen MR) is 126 cm³/mol. The molecule has 0 fully saturated rings. The van der Waals surface area contributed by atoms with E-state index in [9.17, 15) is 18.0 Å². The van der Waals surface area contributed by atoms with E-state index in [-0.39, 0.29) is 17.1 Å². The van der Waals surface area contributed by atoms with Crippen LogP contribution in [0.1, 0.15) is 27.9 Å². The summed E-state index contributed by atoms with van der Waals surface area (Å²) in [6, 6.07) is 7.85. The van der Waals surface area contributed by atoms with Gasteiger partial charge in [0.05, 0.1) is 18.5 Å². The van der Waals surface area contributed by atoms with Gasteiger partial charge in [-0.2, -0.15) is 13.2 Å². The van der Waals surface area contributed by atoms with Crippen LogP contribution in [0.25, 0.3) is 0 Å². The third-order valence-corrected chi connectivity index (χ3v) is 5.97. The summed E-state index contributed by atoms with van der Waals surface area (Å²) in [7, 11) is 6.60. The molecule has 0 radical (unpaired) electrons. The maximum Gasteiger partial charge on any atom is 0.422 e. The van der Waals surface area contributed by atoms with Gasteiger partial charge in [-0.3, -0.25) is 4.79 Å². The fourth-order valence-corrected chi connectivity index (χ4v) is 3.69. The SMILES string of the molecule is COc1ccc(NC(=O)c2ccc(C)c(I)c2)c(N(C)CCCN(C)C)c1C(F)(F)F. The van der Waals surface area contributed by atoms with Crippen molar-refractivity contribution in [3.8, 4) is 5.75 Å². The molecule has 0 spiro atoms. The van der Waals surface area contributed by atoms with Crippen LogP contribution in [-0.4, -0.2) is 52.1 Å². The van der Waals surface area contributed by atoms with Crippen molar-refractivity contribution in [1.82, 2.24) is 4.90 Å². The number of hydrogen-bond donors (Lipinski definition) is 1. The minimum absolute atomic E-state index is 0.0843. The smallest absolute Gasteiger partial charge is 0.422 e. The van der Waals surface area contributed by atoms with Crippen molar-refractivity contribution in [2.45, 2.75) is 19.5 Å². The molecule has 5 nitrogen and oxygen atoms in total. The Morgan fingerprint density at radius 2 is 1.81 bits per heavy atom. The molecule has 0 bridgehead atoms. The first kappa shape index (κ1) is 25.3. The van der Waals surface area contributed by atoms with Gasteiger partial charge in [0.1, 0.15) is 11.3 Å². The Bertz CT molecular complexity index is 933. The van der Waals surface area contributed by atoms with E-state index >= 15 is 0 Å². The molecule has 1 amide bonds. The number of hydrogen-bond acceptors (Lipinski definition) is 4. The number of nitrogens with one attached hydrogen (secondary N) is 1. The zero-order chi connectivity index (χ0) is 23.3. The summed E-state index contributed by atoms with van der Waals surface area (Å²) in [5, 5.41) is 2.67. The van der Waals surface area contributed by atoms with Crippen LogP contribution in [-0.2, 0) is 6.18 Å². The number of carbonyl (C=O) groups is 1. The topological polar surface area (TPSA) is 44.8 Å². The van der Waals surface area contributed by atoms with Crippen LogP contribution in [0.4, 0.5) is 24.5 Å². The van der Waals surface area contributed by atoms with Gasteiger partial charge < -0.3 is 19.9 Å². The highest BCUT2D eigenvalue weighted by Gasteiger charge is 2.39. The van der Waals surface area contributed by atoms with E-state index < -0.39 is 17.6 Å². The monoisotopic (exact) mass is 549 g/mol. The molecule has 1 N–H and O–H groups in total. The second-order valence-electron chi connectivity index (χ2n) is 7.53. The molecule has 2 rings (SSSR count). The molecule has 0 saturated heterocycles. The van der Waals surface area contributed by atoms with E-state index in [1.54, 1.807) is 25.2 Å². The summed E-state index contributed by atoms with van der Waals surface area (Å²) in [5.41, 5.74) is 0.461. The van der Waals surface area contributed by atoms with Crippen LogP contribution >= 0.6 is 22.6 Å². The molecule has 0 aromatic heterocycles. The normalized spacial score (nSPS) is 11.5. The van der Waals surface area contributed by atoms with E-state index in [0.717, 1.165) is 15.7 Å². The molecule has 0 aliphatic rings. The van der Waals surface area contributed by atoms with Crippen molar-refractivity contribution in [2.75, 3.05) is 51.6 Å². The number of alkyl halides is 3. The molecule has 0 saturated carbocycles. The molecular formula is C22H27F3IN3O2. The van der Waals surface area contributed by atoms with Crippen molar-refractivity contribution in [1.29, 1.82) is 0 Å². The maximum absolute atomic E-state index is 14.0. The number of benzene rings is 2. The van der Waals surface area contributed by atoms with Crippen LogP contribution in [0, 0.1) is 10.5 Å². The van der Waals surface area contributed by atoms with Crippen molar-refractivity contribution in [2.24, 2.45) is 0 Å². The first-order chi connectivity index (χ1) is 14.5. The second-order valence-corrected chi connectivity index (χ2v) is 8.70. The van der Waals surface area contributed by atoms with Gasteiger partial charge in [0.15, 0.2) is 0 Å². The minimum atomic E-state index is -4.66. The van der Waals surface area contributed by atoms with Gasteiger partial charge >= 0.3 is 6.18 Å². The number of carbonyl (C=O) groups excluding carboxylic acids is 1. The lowest BCUT2D eigenvalue weighted by molar-refractivity contribution is -0.138. The van der Waals surface area contributed by atoms with Gasteiger partial charge in [-0.15, -0.1) is 0 Å². The molecule has 0 aliphatic heterocycles.